The molecule has 2 atom stereocenters. The molecular weight excluding hydrogens is 286 g/mol. The lowest BCUT2D eigenvalue weighted by Gasteiger charge is -2.35. The molecule has 0 aromatic heterocycles. The summed E-state index contributed by atoms with van der Waals surface area (Å²) in [5, 5.41) is 6.15. The zero-order valence-electron chi connectivity index (χ0n) is 14.3. The van der Waals surface area contributed by atoms with Crippen molar-refractivity contribution in [3.8, 4) is 0 Å². The van der Waals surface area contributed by atoms with E-state index >= 15 is 0 Å². The second kappa shape index (κ2) is 7.45. The van der Waals surface area contributed by atoms with Gasteiger partial charge < -0.3 is 10.6 Å². The predicted molar refractivity (Wildman–Crippen MR) is 92.9 cm³/mol. The standard InChI is InChI=1S/C19H29N3O/c1-14-7-15(2)12-22(11-14)13-17-5-3-16(4-6-17)8-21-19(23)18-9-20-10-18/h3-6,14-15,18,20H,7-13H2,1-2H3,(H,21,23). The van der Waals surface area contributed by atoms with E-state index in [4.69, 9.17) is 0 Å². The maximum Gasteiger partial charge on any atom is 0.225 e. The van der Waals surface area contributed by atoms with E-state index in [0.717, 1.165) is 31.5 Å². The predicted octanol–water partition coefficient (Wildman–Crippen LogP) is 2.00. The van der Waals surface area contributed by atoms with E-state index in [2.05, 4.69) is 53.6 Å². The number of rotatable bonds is 5. The van der Waals surface area contributed by atoms with Crippen molar-refractivity contribution in [2.45, 2.75) is 33.4 Å². The Bertz CT molecular complexity index is 514. The van der Waals surface area contributed by atoms with E-state index in [-0.39, 0.29) is 11.8 Å². The Morgan fingerprint density at radius 3 is 2.30 bits per heavy atom. The third-order valence-electron chi connectivity index (χ3n) is 4.99. The highest BCUT2D eigenvalue weighted by atomic mass is 16.2. The Labute approximate surface area is 139 Å². The highest BCUT2D eigenvalue weighted by molar-refractivity contribution is 5.79. The Morgan fingerprint density at radius 1 is 1.13 bits per heavy atom. The molecule has 3 rings (SSSR count). The molecule has 2 fully saturated rings. The Morgan fingerprint density at radius 2 is 1.74 bits per heavy atom. The quantitative estimate of drug-likeness (QED) is 0.873. The number of likely N-dealkylation sites (tertiary alicyclic amines) is 1. The molecule has 2 saturated heterocycles. The van der Waals surface area contributed by atoms with Gasteiger partial charge in [0.05, 0.1) is 5.92 Å². The Balaban J connectivity index is 1.47. The molecule has 0 saturated carbocycles. The van der Waals surface area contributed by atoms with E-state index < -0.39 is 0 Å². The van der Waals surface area contributed by atoms with Crippen molar-refractivity contribution >= 4 is 5.91 Å². The number of piperidine rings is 1. The van der Waals surface area contributed by atoms with Crippen molar-refractivity contribution in [1.82, 2.24) is 15.5 Å². The van der Waals surface area contributed by atoms with Crippen LogP contribution in [0.2, 0.25) is 0 Å². The molecule has 126 valence electrons. The molecule has 0 radical (unpaired) electrons. The van der Waals surface area contributed by atoms with Crippen molar-refractivity contribution in [2.24, 2.45) is 17.8 Å². The third-order valence-corrected chi connectivity index (χ3v) is 4.99. The summed E-state index contributed by atoms with van der Waals surface area (Å²) in [4.78, 5) is 14.4. The van der Waals surface area contributed by atoms with E-state index in [9.17, 15) is 4.79 Å². The summed E-state index contributed by atoms with van der Waals surface area (Å²) in [6, 6.07) is 8.70. The molecule has 23 heavy (non-hydrogen) atoms. The molecule has 2 N–H and O–H groups in total. The molecular formula is C19H29N3O. The van der Waals surface area contributed by atoms with Crippen molar-refractivity contribution in [3.05, 3.63) is 35.4 Å². The van der Waals surface area contributed by atoms with Gasteiger partial charge in [-0.05, 0) is 29.4 Å². The molecule has 1 aromatic rings. The fraction of sp³-hybridized carbons (Fsp3) is 0.632. The molecule has 2 heterocycles. The van der Waals surface area contributed by atoms with Gasteiger partial charge in [-0.1, -0.05) is 38.1 Å². The van der Waals surface area contributed by atoms with Crippen LogP contribution < -0.4 is 10.6 Å². The normalized spacial score (nSPS) is 25.8. The molecule has 0 bridgehead atoms. The molecule has 2 aliphatic heterocycles. The van der Waals surface area contributed by atoms with E-state index in [1.165, 1.54) is 30.6 Å². The summed E-state index contributed by atoms with van der Waals surface area (Å²) in [6.45, 7) is 10.4. The minimum atomic E-state index is 0.164. The van der Waals surface area contributed by atoms with Crippen LogP contribution in [0.25, 0.3) is 0 Å². The molecule has 2 aliphatic rings. The van der Waals surface area contributed by atoms with E-state index in [1.54, 1.807) is 0 Å². The van der Waals surface area contributed by atoms with Crippen LogP contribution in [0.1, 0.15) is 31.4 Å². The van der Waals surface area contributed by atoms with E-state index in [0.29, 0.717) is 6.54 Å². The number of amides is 1. The van der Waals surface area contributed by atoms with Crippen LogP contribution in [0.4, 0.5) is 0 Å². The number of hydrogen-bond donors (Lipinski definition) is 2. The smallest absolute Gasteiger partial charge is 0.225 e. The molecule has 0 spiro atoms. The van der Waals surface area contributed by atoms with Crippen LogP contribution in [0.3, 0.4) is 0 Å². The van der Waals surface area contributed by atoms with Crippen LogP contribution in [0.5, 0.6) is 0 Å². The van der Waals surface area contributed by atoms with Crippen molar-refractivity contribution < 1.29 is 4.79 Å². The number of nitrogens with one attached hydrogen (secondary N) is 2. The topological polar surface area (TPSA) is 44.4 Å². The summed E-state index contributed by atoms with van der Waals surface area (Å²) in [5.41, 5.74) is 2.54. The third kappa shape index (κ3) is 4.55. The maximum absolute atomic E-state index is 11.8. The fourth-order valence-electron chi connectivity index (χ4n) is 3.75. The number of nitrogens with zero attached hydrogens (tertiary/aromatic N) is 1. The summed E-state index contributed by atoms with van der Waals surface area (Å²) in [7, 11) is 0. The van der Waals surface area contributed by atoms with Gasteiger partial charge in [-0.15, -0.1) is 0 Å². The molecule has 1 aromatic carbocycles. The van der Waals surface area contributed by atoms with Gasteiger partial charge >= 0.3 is 0 Å². The average molecular weight is 315 g/mol. The van der Waals surface area contributed by atoms with Gasteiger partial charge in [0, 0.05) is 39.3 Å². The van der Waals surface area contributed by atoms with Crippen LogP contribution >= 0.6 is 0 Å². The minimum Gasteiger partial charge on any atom is -0.352 e. The summed E-state index contributed by atoms with van der Waals surface area (Å²) in [6.07, 6.45) is 1.35. The fourth-order valence-corrected chi connectivity index (χ4v) is 3.75. The van der Waals surface area contributed by atoms with Gasteiger partial charge in [-0.2, -0.15) is 0 Å². The zero-order chi connectivity index (χ0) is 16.2. The molecule has 1 amide bonds. The van der Waals surface area contributed by atoms with Gasteiger partial charge in [-0.25, -0.2) is 0 Å². The monoisotopic (exact) mass is 315 g/mol. The van der Waals surface area contributed by atoms with Crippen LogP contribution in [-0.2, 0) is 17.9 Å². The lowest BCUT2D eigenvalue weighted by atomic mass is 9.91. The highest BCUT2D eigenvalue weighted by Gasteiger charge is 2.24. The Hall–Kier alpha value is -1.39. The minimum absolute atomic E-state index is 0.164. The van der Waals surface area contributed by atoms with Crippen molar-refractivity contribution in [3.63, 3.8) is 0 Å². The summed E-state index contributed by atoms with van der Waals surface area (Å²) in [5.74, 6) is 1.94. The van der Waals surface area contributed by atoms with Gasteiger partial charge in [0.25, 0.3) is 0 Å². The second-order valence-corrected chi connectivity index (χ2v) is 7.53. The van der Waals surface area contributed by atoms with Gasteiger partial charge in [0.2, 0.25) is 5.91 Å². The molecule has 4 heteroatoms. The second-order valence-electron chi connectivity index (χ2n) is 7.53. The van der Waals surface area contributed by atoms with Crippen LogP contribution in [0.15, 0.2) is 24.3 Å². The first-order valence-electron chi connectivity index (χ1n) is 8.88. The lowest BCUT2D eigenvalue weighted by molar-refractivity contribution is -0.126. The largest absolute Gasteiger partial charge is 0.352 e. The number of hydrogen-bond acceptors (Lipinski definition) is 3. The highest BCUT2D eigenvalue weighted by Crippen LogP contribution is 2.22. The van der Waals surface area contributed by atoms with Crippen LogP contribution in [0, 0.1) is 17.8 Å². The molecule has 0 aliphatic carbocycles. The maximum atomic E-state index is 11.8. The summed E-state index contributed by atoms with van der Waals surface area (Å²) >= 11 is 0. The molecule has 4 nitrogen and oxygen atoms in total. The van der Waals surface area contributed by atoms with Crippen molar-refractivity contribution in [1.29, 1.82) is 0 Å². The van der Waals surface area contributed by atoms with Gasteiger partial charge in [0.1, 0.15) is 0 Å². The Kier molecular flexibility index (Phi) is 5.34. The molecule has 2 unspecified atom stereocenters. The number of carbonyl (C=O) groups excluding carboxylic acids is 1. The average Bonchev–Trinajstić information content (AvgIpc) is 2.43. The first-order valence-corrected chi connectivity index (χ1v) is 8.88. The summed E-state index contributed by atoms with van der Waals surface area (Å²) < 4.78 is 0. The first kappa shape index (κ1) is 16.5. The zero-order valence-corrected chi connectivity index (χ0v) is 14.3. The SMILES string of the molecule is CC1CC(C)CN(Cc2ccc(CNC(=O)C3CNC3)cc2)C1. The van der Waals surface area contributed by atoms with Crippen LogP contribution in [-0.4, -0.2) is 37.0 Å². The van der Waals surface area contributed by atoms with E-state index in [1.807, 2.05) is 0 Å². The van der Waals surface area contributed by atoms with Gasteiger partial charge in [-0.3, -0.25) is 9.69 Å². The number of carbonyl (C=O) groups is 1. The van der Waals surface area contributed by atoms with Gasteiger partial charge in [0.15, 0.2) is 0 Å². The lowest BCUT2D eigenvalue weighted by Crippen LogP contribution is -2.50. The van der Waals surface area contributed by atoms with Crippen molar-refractivity contribution in [2.75, 3.05) is 26.2 Å². The first-order chi connectivity index (χ1) is 11.1. The number of benzene rings is 1.